The summed E-state index contributed by atoms with van der Waals surface area (Å²) in [5.74, 6) is 0.0310. The number of amides is 1. The number of benzene rings is 3. The van der Waals surface area contributed by atoms with E-state index in [1.807, 2.05) is 48.5 Å². The summed E-state index contributed by atoms with van der Waals surface area (Å²) in [6.07, 6.45) is 0.560. The maximum absolute atomic E-state index is 13.1. The van der Waals surface area contributed by atoms with Crippen LogP contribution in [0.3, 0.4) is 0 Å². The number of hydrogen-bond acceptors (Lipinski definition) is 6. The first-order chi connectivity index (χ1) is 17.5. The quantitative estimate of drug-likeness (QED) is 0.278. The standard InChI is InChI=1S/C29H27N3O3S/c1-17(2)32-15-14-23-24(16-32)36-28-25(23)27(33)30-26(31-28)19-10-12-20(13-11-19)35-29(34)22-9-5-7-18-6-3-4-8-21(18)22/h3-13,17,26,31H,14-16H2,1-2H3,(H,30,33). The average molecular weight is 498 g/mol. The van der Waals surface area contributed by atoms with Crippen LogP contribution in [-0.2, 0) is 13.0 Å². The summed E-state index contributed by atoms with van der Waals surface area (Å²) >= 11 is 1.69. The lowest BCUT2D eigenvalue weighted by Gasteiger charge is -2.31. The predicted molar refractivity (Wildman–Crippen MR) is 143 cm³/mol. The topological polar surface area (TPSA) is 70.7 Å². The van der Waals surface area contributed by atoms with Crippen molar-refractivity contribution in [2.24, 2.45) is 0 Å². The third-order valence-corrected chi connectivity index (χ3v) is 8.18. The van der Waals surface area contributed by atoms with Crippen LogP contribution in [0.5, 0.6) is 5.75 Å². The van der Waals surface area contributed by atoms with E-state index in [9.17, 15) is 9.59 Å². The van der Waals surface area contributed by atoms with Gasteiger partial charge in [0.05, 0.1) is 11.1 Å². The molecule has 6 nitrogen and oxygen atoms in total. The van der Waals surface area contributed by atoms with Crippen LogP contribution in [0.4, 0.5) is 5.00 Å². The highest BCUT2D eigenvalue weighted by molar-refractivity contribution is 7.16. The zero-order valence-electron chi connectivity index (χ0n) is 20.2. The lowest BCUT2D eigenvalue weighted by molar-refractivity contribution is 0.0736. The molecule has 0 radical (unpaired) electrons. The average Bonchev–Trinajstić information content (AvgIpc) is 3.27. The highest BCUT2D eigenvalue weighted by Gasteiger charge is 2.33. The van der Waals surface area contributed by atoms with Crippen molar-refractivity contribution < 1.29 is 14.3 Å². The van der Waals surface area contributed by atoms with Gasteiger partial charge in [-0.05, 0) is 60.4 Å². The molecule has 7 heteroatoms. The SMILES string of the molecule is CC(C)N1CCc2c(sc3c2C(=O)NC(c2ccc(OC(=O)c4cccc5ccccc45)cc2)N3)C1. The van der Waals surface area contributed by atoms with E-state index in [-0.39, 0.29) is 12.1 Å². The van der Waals surface area contributed by atoms with Crippen LogP contribution in [0, 0.1) is 0 Å². The zero-order valence-corrected chi connectivity index (χ0v) is 21.0. The van der Waals surface area contributed by atoms with Gasteiger partial charge in [0, 0.05) is 24.0 Å². The summed E-state index contributed by atoms with van der Waals surface area (Å²) in [5, 5.41) is 9.40. The first-order valence-electron chi connectivity index (χ1n) is 12.2. The van der Waals surface area contributed by atoms with Gasteiger partial charge in [-0.15, -0.1) is 11.3 Å². The van der Waals surface area contributed by atoms with Crippen molar-refractivity contribution >= 4 is 39.0 Å². The number of carbonyl (C=O) groups is 2. The van der Waals surface area contributed by atoms with Crippen LogP contribution in [0.1, 0.15) is 56.7 Å². The molecule has 182 valence electrons. The summed E-state index contributed by atoms with van der Waals surface area (Å²) in [4.78, 5) is 29.6. The number of carbonyl (C=O) groups excluding carboxylic acids is 2. The summed E-state index contributed by atoms with van der Waals surface area (Å²) in [6, 6.07) is 21.1. The normalized spacial score (nSPS) is 17.3. The van der Waals surface area contributed by atoms with Crippen LogP contribution in [0.2, 0.25) is 0 Å². The fourth-order valence-corrected chi connectivity index (χ4v) is 6.34. The van der Waals surface area contributed by atoms with Gasteiger partial charge in [0.2, 0.25) is 0 Å². The number of rotatable bonds is 4. The van der Waals surface area contributed by atoms with Crippen LogP contribution < -0.4 is 15.4 Å². The van der Waals surface area contributed by atoms with E-state index in [0.717, 1.165) is 46.4 Å². The van der Waals surface area contributed by atoms with Gasteiger partial charge in [-0.1, -0.05) is 48.5 Å². The van der Waals surface area contributed by atoms with E-state index in [1.165, 1.54) is 10.4 Å². The number of thiophene rings is 1. The maximum atomic E-state index is 13.1. The molecule has 1 aromatic heterocycles. The molecule has 6 rings (SSSR count). The van der Waals surface area contributed by atoms with Crippen molar-refractivity contribution in [1.29, 1.82) is 0 Å². The highest BCUT2D eigenvalue weighted by Crippen LogP contribution is 2.41. The van der Waals surface area contributed by atoms with E-state index in [1.54, 1.807) is 29.5 Å². The Labute approximate surface area is 213 Å². The molecular formula is C29H27N3O3S. The molecule has 0 saturated heterocycles. The molecule has 0 saturated carbocycles. The van der Waals surface area contributed by atoms with Gasteiger partial charge in [-0.25, -0.2) is 4.79 Å². The van der Waals surface area contributed by atoms with Gasteiger partial charge in [0.15, 0.2) is 0 Å². The van der Waals surface area contributed by atoms with Gasteiger partial charge in [-0.2, -0.15) is 0 Å². The minimum absolute atomic E-state index is 0.0318. The molecule has 1 amide bonds. The molecule has 1 atom stereocenters. The second kappa shape index (κ2) is 9.08. The monoisotopic (exact) mass is 497 g/mol. The maximum Gasteiger partial charge on any atom is 0.344 e. The van der Waals surface area contributed by atoms with Gasteiger partial charge in [0.25, 0.3) is 5.91 Å². The number of esters is 1. The molecular weight excluding hydrogens is 470 g/mol. The molecule has 0 fully saturated rings. The number of anilines is 1. The molecule has 2 aliphatic rings. The van der Waals surface area contributed by atoms with Crippen molar-refractivity contribution in [3.8, 4) is 5.75 Å². The van der Waals surface area contributed by atoms with Crippen LogP contribution in [0.25, 0.3) is 10.8 Å². The Kier molecular flexibility index (Phi) is 5.74. The van der Waals surface area contributed by atoms with Gasteiger partial charge < -0.3 is 15.4 Å². The minimum Gasteiger partial charge on any atom is -0.423 e. The Morgan fingerprint density at radius 2 is 1.81 bits per heavy atom. The number of ether oxygens (including phenoxy) is 1. The predicted octanol–water partition coefficient (Wildman–Crippen LogP) is 5.74. The van der Waals surface area contributed by atoms with Crippen LogP contribution >= 0.6 is 11.3 Å². The third-order valence-electron chi connectivity index (χ3n) is 7.03. The van der Waals surface area contributed by atoms with Crippen molar-refractivity contribution in [2.75, 3.05) is 11.9 Å². The Morgan fingerprint density at radius 1 is 1.03 bits per heavy atom. The molecule has 4 aromatic rings. The lowest BCUT2D eigenvalue weighted by atomic mass is 9.99. The van der Waals surface area contributed by atoms with Gasteiger partial charge >= 0.3 is 5.97 Å². The summed E-state index contributed by atoms with van der Waals surface area (Å²) in [6.45, 7) is 6.29. The van der Waals surface area contributed by atoms with E-state index < -0.39 is 5.97 Å². The van der Waals surface area contributed by atoms with Gasteiger partial charge in [0.1, 0.15) is 16.9 Å². The fraction of sp³-hybridized carbons (Fsp3) is 0.241. The number of hydrogen-bond donors (Lipinski definition) is 2. The van der Waals surface area contributed by atoms with Gasteiger partial charge in [-0.3, -0.25) is 9.69 Å². The summed E-state index contributed by atoms with van der Waals surface area (Å²) < 4.78 is 5.66. The molecule has 36 heavy (non-hydrogen) atoms. The zero-order chi connectivity index (χ0) is 24.8. The Bertz CT molecular complexity index is 1470. The highest BCUT2D eigenvalue weighted by atomic mass is 32.1. The number of nitrogens with one attached hydrogen (secondary N) is 2. The Morgan fingerprint density at radius 3 is 2.61 bits per heavy atom. The molecule has 3 heterocycles. The molecule has 2 aliphatic heterocycles. The van der Waals surface area contributed by atoms with E-state index >= 15 is 0 Å². The molecule has 1 unspecified atom stereocenters. The van der Waals surface area contributed by atoms with Crippen LogP contribution in [-0.4, -0.2) is 29.4 Å². The summed E-state index contributed by atoms with van der Waals surface area (Å²) in [7, 11) is 0. The summed E-state index contributed by atoms with van der Waals surface area (Å²) in [5.41, 5.74) is 3.42. The molecule has 2 N–H and O–H groups in total. The van der Waals surface area contributed by atoms with E-state index in [4.69, 9.17) is 4.74 Å². The fourth-order valence-electron chi connectivity index (χ4n) is 5.04. The number of nitrogens with zero attached hydrogens (tertiary/aromatic N) is 1. The smallest absolute Gasteiger partial charge is 0.344 e. The van der Waals surface area contributed by atoms with Crippen molar-refractivity contribution in [2.45, 2.75) is 39.0 Å². The molecule has 0 aliphatic carbocycles. The Hall–Kier alpha value is -3.68. The van der Waals surface area contributed by atoms with Crippen molar-refractivity contribution in [1.82, 2.24) is 10.2 Å². The Balaban J connectivity index is 1.19. The minimum atomic E-state index is -0.395. The number of fused-ring (bicyclic) bond motifs is 4. The van der Waals surface area contributed by atoms with E-state index in [2.05, 4.69) is 29.4 Å². The van der Waals surface area contributed by atoms with Crippen molar-refractivity contribution in [3.63, 3.8) is 0 Å². The molecule has 0 bridgehead atoms. The largest absolute Gasteiger partial charge is 0.423 e. The van der Waals surface area contributed by atoms with E-state index in [0.29, 0.717) is 17.4 Å². The first kappa shape index (κ1) is 22.8. The van der Waals surface area contributed by atoms with Crippen LogP contribution in [0.15, 0.2) is 66.7 Å². The molecule has 0 spiro atoms. The first-order valence-corrected chi connectivity index (χ1v) is 13.1. The molecule has 3 aromatic carbocycles. The van der Waals surface area contributed by atoms with Crippen molar-refractivity contribution in [3.05, 3.63) is 93.9 Å². The lowest BCUT2D eigenvalue weighted by Crippen LogP contribution is -2.39. The third kappa shape index (κ3) is 4.04. The second-order valence-corrected chi connectivity index (χ2v) is 10.7. The second-order valence-electron chi connectivity index (χ2n) is 9.56.